The van der Waals surface area contributed by atoms with Gasteiger partial charge in [-0.05, 0) is 66.6 Å². The number of benzene rings is 3. The summed E-state index contributed by atoms with van der Waals surface area (Å²) in [7, 11) is 0. The Morgan fingerprint density at radius 3 is 2.34 bits per heavy atom. The van der Waals surface area contributed by atoms with E-state index in [4.69, 9.17) is 9.47 Å². The summed E-state index contributed by atoms with van der Waals surface area (Å²) in [6.07, 6.45) is 3.74. The molecular formula is C30H22N2O6. The van der Waals surface area contributed by atoms with Crippen molar-refractivity contribution in [1.82, 2.24) is 4.90 Å². The van der Waals surface area contributed by atoms with Crippen LogP contribution in [0.1, 0.15) is 44.8 Å². The van der Waals surface area contributed by atoms with Crippen molar-refractivity contribution >= 4 is 35.1 Å². The minimum Gasteiger partial charge on any atom is -0.454 e. The van der Waals surface area contributed by atoms with Crippen molar-refractivity contribution in [1.29, 1.82) is 0 Å². The van der Waals surface area contributed by atoms with E-state index in [0.717, 1.165) is 11.1 Å². The fourth-order valence-corrected chi connectivity index (χ4v) is 6.18. The third-order valence-corrected chi connectivity index (χ3v) is 7.92. The van der Waals surface area contributed by atoms with Crippen molar-refractivity contribution in [2.45, 2.75) is 19.0 Å². The predicted molar refractivity (Wildman–Crippen MR) is 137 cm³/mol. The first-order valence-electron chi connectivity index (χ1n) is 12.4. The normalized spacial score (nSPS) is 24.3. The first-order chi connectivity index (χ1) is 18.4. The van der Waals surface area contributed by atoms with Crippen molar-refractivity contribution < 1.29 is 28.7 Å². The Kier molecular flexibility index (Phi) is 4.82. The summed E-state index contributed by atoms with van der Waals surface area (Å²) < 4.78 is 10.9. The smallest absolute Gasteiger partial charge is 0.240 e. The van der Waals surface area contributed by atoms with Gasteiger partial charge in [0.2, 0.25) is 18.6 Å². The molecule has 0 N–H and O–H groups in total. The minimum atomic E-state index is -0.882. The molecule has 4 aliphatic heterocycles. The highest BCUT2D eigenvalue weighted by Crippen LogP contribution is 2.54. The van der Waals surface area contributed by atoms with Crippen LogP contribution in [0, 0.1) is 11.8 Å². The number of amides is 2. The van der Waals surface area contributed by atoms with Crippen LogP contribution in [0.3, 0.4) is 0 Å². The van der Waals surface area contributed by atoms with Gasteiger partial charge in [-0.2, -0.15) is 0 Å². The topological polar surface area (TPSA) is 93.2 Å². The minimum absolute atomic E-state index is 0.0825. The number of ketones is 2. The molecule has 4 atom stereocenters. The Morgan fingerprint density at radius 2 is 1.55 bits per heavy atom. The Balaban J connectivity index is 1.34. The number of Topliss-reactive ketones (excluding diaryl/α,β-unsaturated/α-hetero) is 2. The number of ether oxygens (including phenoxy) is 2. The molecule has 0 spiro atoms. The summed E-state index contributed by atoms with van der Waals surface area (Å²) in [4.78, 5) is 56.9. The lowest BCUT2D eigenvalue weighted by atomic mass is 9.83. The van der Waals surface area contributed by atoms with Gasteiger partial charge in [0, 0.05) is 17.3 Å². The molecule has 2 fully saturated rings. The summed E-state index contributed by atoms with van der Waals surface area (Å²) in [6.45, 7) is 1.54. The van der Waals surface area contributed by atoms with E-state index in [1.807, 2.05) is 41.4 Å². The maximum absolute atomic E-state index is 14.1. The van der Waals surface area contributed by atoms with Gasteiger partial charge in [-0.25, -0.2) is 4.90 Å². The molecule has 8 nitrogen and oxygen atoms in total. The van der Waals surface area contributed by atoms with Gasteiger partial charge in [-0.15, -0.1) is 0 Å². The van der Waals surface area contributed by atoms with Crippen LogP contribution in [0.2, 0.25) is 0 Å². The average Bonchev–Trinajstić information content (AvgIpc) is 3.61. The van der Waals surface area contributed by atoms with E-state index in [-0.39, 0.29) is 24.3 Å². The largest absolute Gasteiger partial charge is 0.454 e. The number of hydrogen-bond acceptors (Lipinski definition) is 7. The molecule has 7 rings (SSSR count). The molecule has 4 aliphatic rings. The number of fused-ring (bicyclic) bond motifs is 6. The molecule has 8 heteroatoms. The molecular weight excluding hydrogens is 484 g/mol. The third kappa shape index (κ3) is 3.09. The van der Waals surface area contributed by atoms with Gasteiger partial charge < -0.3 is 14.4 Å². The number of nitrogens with zero attached hydrogens (tertiary/aromatic N) is 2. The average molecular weight is 507 g/mol. The van der Waals surface area contributed by atoms with Gasteiger partial charge in [0.25, 0.3) is 0 Å². The monoisotopic (exact) mass is 506 g/mol. The van der Waals surface area contributed by atoms with Crippen molar-refractivity contribution in [3.8, 4) is 11.5 Å². The highest BCUT2D eigenvalue weighted by Gasteiger charge is 2.64. The maximum atomic E-state index is 14.1. The number of hydrogen-bond donors (Lipinski definition) is 0. The summed E-state index contributed by atoms with van der Waals surface area (Å²) in [6, 6.07) is 17.8. The molecule has 0 unspecified atom stereocenters. The second-order valence-corrected chi connectivity index (χ2v) is 9.88. The lowest BCUT2D eigenvalue weighted by Gasteiger charge is -2.35. The maximum Gasteiger partial charge on any atom is 0.240 e. The van der Waals surface area contributed by atoms with Crippen LogP contribution in [0.4, 0.5) is 5.69 Å². The molecule has 2 amide bonds. The lowest BCUT2D eigenvalue weighted by Crippen LogP contribution is -2.44. The Morgan fingerprint density at radius 1 is 0.842 bits per heavy atom. The first kappa shape index (κ1) is 22.5. The molecule has 0 aliphatic carbocycles. The fourth-order valence-electron chi connectivity index (χ4n) is 6.18. The van der Waals surface area contributed by atoms with Crippen LogP contribution >= 0.6 is 0 Å². The number of anilines is 1. The van der Waals surface area contributed by atoms with Crippen molar-refractivity contribution in [3.63, 3.8) is 0 Å². The molecule has 38 heavy (non-hydrogen) atoms. The SMILES string of the molecule is CC(=O)c1ccc(N2C(=O)[C@@H]3[C@H](C2=O)[C@H]2c4ccccc4C=CN2[C@@H]3C(=O)c2ccc3c(c2)OCO3)cc1. The third-order valence-electron chi connectivity index (χ3n) is 7.92. The summed E-state index contributed by atoms with van der Waals surface area (Å²) >= 11 is 0. The molecule has 3 aromatic carbocycles. The number of carbonyl (C=O) groups excluding carboxylic acids is 4. The Labute approximate surface area is 218 Å². The van der Waals surface area contributed by atoms with Crippen LogP contribution in [-0.2, 0) is 9.59 Å². The van der Waals surface area contributed by atoms with E-state index in [1.54, 1.807) is 42.5 Å². The molecule has 2 saturated heterocycles. The van der Waals surface area contributed by atoms with E-state index >= 15 is 0 Å². The second kappa shape index (κ2) is 8.14. The van der Waals surface area contributed by atoms with Crippen molar-refractivity contribution in [2.24, 2.45) is 11.8 Å². The lowest BCUT2D eigenvalue weighted by molar-refractivity contribution is -0.123. The second-order valence-electron chi connectivity index (χ2n) is 9.88. The predicted octanol–water partition coefficient (Wildman–Crippen LogP) is 4.02. The van der Waals surface area contributed by atoms with Gasteiger partial charge in [0.05, 0.1) is 23.6 Å². The van der Waals surface area contributed by atoms with E-state index in [1.165, 1.54) is 11.8 Å². The van der Waals surface area contributed by atoms with Crippen LogP contribution in [0.5, 0.6) is 11.5 Å². The van der Waals surface area contributed by atoms with Crippen LogP contribution in [0.25, 0.3) is 6.08 Å². The van der Waals surface area contributed by atoms with Gasteiger partial charge >= 0.3 is 0 Å². The highest BCUT2D eigenvalue weighted by atomic mass is 16.7. The zero-order chi connectivity index (χ0) is 26.1. The van der Waals surface area contributed by atoms with Gasteiger partial charge in [-0.3, -0.25) is 19.2 Å². The van der Waals surface area contributed by atoms with E-state index in [0.29, 0.717) is 28.3 Å². The van der Waals surface area contributed by atoms with Crippen molar-refractivity contribution in [3.05, 3.63) is 95.2 Å². The highest BCUT2D eigenvalue weighted by molar-refractivity contribution is 6.24. The summed E-state index contributed by atoms with van der Waals surface area (Å²) in [5.74, 6) is -1.74. The molecule has 0 aromatic heterocycles. The zero-order valence-corrected chi connectivity index (χ0v) is 20.4. The molecule has 0 saturated carbocycles. The number of rotatable bonds is 4. The fraction of sp³-hybridized carbons (Fsp3) is 0.200. The number of carbonyl (C=O) groups is 4. The molecule has 4 heterocycles. The van der Waals surface area contributed by atoms with Gasteiger partial charge in [-0.1, -0.05) is 24.3 Å². The van der Waals surface area contributed by atoms with Crippen molar-refractivity contribution in [2.75, 3.05) is 11.7 Å². The quantitative estimate of drug-likeness (QED) is 0.390. The molecule has 3 aromatic rings. The van der Waals surface area contributed by atoms with Gasteiger partial charge in [0.15, 0.2) is 23.1 Å². The zero-order valence-electron chi connectivity index (χ0n) is 20.4. The van der Waals surface area contributed by atoms with E-state index < -0.39 is 29.8 Å². The first-order valence-corrected chi connectivity index (χ1v) is 12.4. The van der Waals surface area contributed by atoms with Crippen LogP contribution in [-0.4, -0.2) is 41.1 Å². The van der Waals surface area contributed by atoms with Gasteiger partial charge in [0.1, 0.15) is 6.04 Å². The molecule has 0 bridgehead atoms. The van der Waals surface area contributed by atoms with E-state index in [9.17, 15) is 19.2 Å². The Hall–Kier alpha value is -4.72. The standard InChI is InChI=1S/C30H22N2O6/c1-16(33)17-6-9-20(10-7-17)32-29(35)24-25(30(32)36)27(28(34)19-8-11-22-23(14-19)38-15-37-22)31-13-12-18-4-2-3-5-21(18)26(24)31/h2-14,24-27H,15H2,1H3/t24-,25+,26+,27-/m0/s1. The summed E-state index contributed by atoms with van der Waals surface area (Å²) in [5.41, 5.74) is 3.12. The Bertz CT molecular complexity index is 1580. The number of imide groups is 1. The van der Waals surface area contributed by atoms with E-state index in [2.05, 4.69) is 0 Å². The van der Waals surface area contributed by atoms with Crippen LogP contribution < -0.4 is 14.4 Å². The van der Waals surface area contributed by atoms with Crippen LogP contribution in [0.15, 0.2) is 72.9 Å². The molecule has 188 valence electrons. The molecule has 0 radical (unpaired) electrons. The summed E-state index contributed by atoms with van der Waals surface area (Å²) in [5, 5.41) is 0.